The van der Waals surface area contributed by atoms with E-state index in [2.05, 4.69) is 10.2 Å². The molecule has 23 heavy (non-hydrogen) atoms. The number of hydrogen-bond acceptors (Lipinski definition) is 3. The van der Waals surface area contributed by atoms with Crippen molar-refractivity contribution in [2.45, 2.75) is 25.2 Å². The molecular weight excluding hydrogens is 309 g/mol. The molecule has 0 radical (unpaired) electrons. The van der Waals surface area contributed by atoms with Gasteiger partial charge in [0.25, 0.3) is 0 Å². The van der Waals surface area contributed by atoms with Crippen molar-refractivity contribution in [2.75, 3.05) is 33.2 Å². The number of nitrogens with one attached hydrogen (secondary N) is 1. The predicted octanol–water partition coefficient (Wildman–Crippen LogP) is 1.38. The molecule has 130 valence electrons. The van der Waals surface area contributed by atoms with Crippen molar-refractivity contribution in [3.05, 3.63) is 24.0 Å². The number of aryl methyl sites for hydroxylation is 1. The minimum Gasteiger partial charge on any atom is -0.357 e. The van der Waals surface area contributed by atoms with Gasteiger partial charge in [0, 0.05) is 51.2 Å². The Morgan fingerprint density at radius 1 is 1.22 bits per heavy atom. The van der Waals surface area contributed by atoms with Crippen molar-refractivity contribution in [1.82, 2.24) is 19.7 Å². The normalized spacial score (nSPS) is 20.3. The van der Waals surface area contributed by atoms with Gasteiger partial charge in [0.15, 0.2) is 6.04 Å². The van der Waals surface area contributed by atoms with Crippen LogP contribution in [0.2, 0.25) is 0 Å². The minimum absolute atomic E-state index is 0.0407. The molecule has 0 aromatic carbocycles. The van der Waals surface area contributed by atoms with E-state index in [1.807, 2.05) is 11.9 Å². The number of rotatable bonds is 4. The maximum atomic E-state index is 13.3. The van der Waals surface area contributed by atoms with E-state index < -0.39 is 24.2 Å². The maximum absolute atomic E-state index is 13.3. The van der Waals surface area contributed by atoms with E-state index in [9.17, 15) is 18.0 Å². The number of carbonyl (C=O) groups is 1. The topological polar surface area (TPSA) is 40.5 Å². The lowest BCUT2D eigenvalue weighted by Crippen LogP contribution is -2.54. The van der Waals surface area contributed by atoms with Gasteiger partial charge in [-0.05, 0) is 20.0 Å². The highest BCUT2D eigenvalue weighted by molar-refractivity contribution is 5.81. The van der Waals surface area contributed by atoms with Gasteiger partial charge in [-0.1, -0.05) is 0 Å². The van der Waals surface area contributed by atoms with Crippen LogP contribution in [0.3, 0.4) is 0 Å². The summed E-state index contributed by atoms with van der Waals surface area (Å²) in [7, 11) is 3.63. The highest BCUT2D eigenvalue weighted by Crippen LogP contribution is 2.33. The van der Waals surface area contributed by atoms with E-state index in [1.54, 1.807) is 14.0 Å². The number of carbonyl (C=O) groups excluding carboxylic acids is 1. The Morgan fingerprint density at radius 3 is 2.30 bits per heavy atom. The molecule has 2 heterocycles. The summed E-state index contributed by atoms with van der Waals surface area (Å²) in [6.45, 7) is 4.61. The van der Waals surface area contributed by atoms with Crippen LogP contribution in [0.1, 0.15) is 18.5 Å². The first-order chi connectivity index (χ1) is 10.7. The zero-order chi connectivity index (χ0) is 17.2. The lowest BCUT2D eigenvalue weighted by molar-refractivity contribution is -0.165. The van der Waals surface area contributed by atoms with Crippen molar-refractivity contribution in [1.29, 1.82) is 0 Å². The van der Waals surface area contributed by atoms with Gasteiger partial charge in [-0.15, -0.1) is 0 Å². The number of hydrogen-bond donors (Lipinski definition) is 1. The van der Waals surface area contributed by atoms with Crippen LogP contribution >= 0.6 is 0 Å². The molecule has 1 aromatic rings. The van der Waals surface area contributed by atoms with Gasteiger partial charge >= 0.3 is 6.18 Å². The molecule has 0 aliphatic carbocycles. The van der Waals surface area contributed by atoms with Crippen molar-refractivity contribution >= 4 is 5.91 Å². The Kier molecular flexibility index (Phi) is 5.36. The first kappa shape index (κ1) is 17.8. The molecule has 2 atom stereocenters. The summed E-state index contributed by atoms with van der Waals surface area (Å²) < 4.78 is 41.4. The fourth-order valence-corrected chi connectivity index (χ4v) is 2.69. The highest BCUT2D eigenvalue weighted by Gasteiger charge is 2.43. The summed E-state index contributed by atoms with van der Waals surface area (Å²) in [5.41, 5.74) is 0.0407. The molecule has 0 bridgehead atoms. The molecule has 1 aromatic heterocycles. The van der Waals surface area contributed by atoms with E-state index in [1.165, 1.54) is 23.0 Å². The first-order valence-corrected chi connectivity index (χ1v) is 7.60. The largest absolute Gasteiger partial charge is 0.412 e. The lowest BCUT2D eigenvalue weighted by Gasteiger charge is -2.36. The first-order valence-electron chi connectivity index (χ1n) is 7.60. The summed E-state index contributed by atoms with van der Waals surface area (Å²) >= 11 is 0. The molecule has 0 saturated carbocycles. The summed E-state index contributed by atoms with van der Waals surface area (Å²) in [5, 5.41) is 2.16. The number of amides is 1. The molecule has 8 heteroatoms. The van der Waals surface area contributed by atoms with Gasteiger partial charge in [-0.2, -0.15) is 13.2 Å². The highest BCUT2D eigenvalue weighted by atomic mass is 19.4. The fraction of sp³-hybridized carbons (Fsp3) is 0.667. The molecule has 1 fully saturated rings. The van der Waals surface area contributed by atoms with Crippen molar-refractivity contribution < 1.29 is 18.0 Å². The molecule has 2 rings (SSSR count). The van der Waals surface area contributed by atoms with E-state index >= 15 is 0 Å². The Bertz CT molecular complexity index is 535. The van der Waals surface area contributed by atoms with E-state index in [-0.39, 0.29) is 5.56 Å². The quantitative estimate of drug-likeness (QED) is 0.906. The average molecular weight is 332 g/mol. The van der Waals surface area contributed by atoms with Gasteiger partial charge in [0.05, 0.1) is 6.04 Å². The van der Waals surface area contributed by atoms with Crippen LogP contribution < -0.4 is 5.32 Å². The summed E-state index contributed by atoms with van der Waals surface area (Å²) in [6, 6.07) is -1.19. The monoisotopic (exact) mass is 332 g/mol. The SMILES string of the molecule is C[C@@H](C(=O)N[C@H](c1ccn(C)c1)C(F)(F)F)N1CCN(C)CC1. The molecule has 1 N–H and O–H groups in total. The van der Waals surface area contributed by atoms with Crippen LogP contribution in [0.5, 0.6) is 0 Å². The molecule has 1 amide bonds. The zero-order valence-electron chi connectivity index (χ0n) is 13.6. The Balaban J connectivity index is 2.05. The Hall–Kier alpha value is -1.54. The van der Waals surface area contributed by atoms with Gasteiger partial charge in [-0.25, -0.2) is 0 Å². The maximum Gasteiger partial charge on any atom is 0.412 e. The zero-order valence-corrected chi connectivity index (χ0v) is 13.6. The third-order valence-electron chi connectivity index (χ3n) is 4.27. The van der Waals surface area contributed by atoms with Gasteiger partial charge in [-0.3, -0.25) is 9.69 Å². The molecule has 0 unspecified atom stereocenters. The molecule has 5 nitrogen and oxygen atoms in total. The molecular formula is C15H23F3N4O. The summed E-state index contributed by atoms with van der Waals surface area (Å²) in [6.07, 6.45) is -1.62. The Labute approximate surface area is 134 Å². The standard InChI is InChI=1S/C15H23F3N4O/c1-11(22-8-6-20(2)7-9-22)14(23)19-13(15(16,17)18)12-4-5-21(3)10-12/h4-5,10-11,13H,6-9H2,1-3H3,(H,19,23)/t11-,13+/m0/s1. The van der Waals surface area contributed by atoms with Crippen LogP contribution in [0.25, 0.3) is 0 Å². The van der Waals surface area contributed by atoms with Crippen LogP contribution in [-0.2, 0) is 11.8 Å². The predicted molar refractivity (Wildman–Crippen MR) is 80.9 cm³/mol. The number of nitrogens with zero attached hydrogens (tertiary/aromatic N) is 3. The number of likely N-dealkylation sites (N-methyl/N-ethyl adjacent to an activating group) is 1. The molecule has 1 aliphatic rings. The van der Waals surface area contributed by atoms with Crippen LogP contribution in [-0.4, -0.2) is 65.7 Å². The second-order valence-corrected chi connectivity index (χ2v) is 6.11. The van der Waals surface area contributed by atoms with Gasteiger partial charge in [0.2, 0.25) is 5.91 Å². The van der Waals surface area contributed by atoms with Gasteiger partial charge in [0.1, 0.15) is 0 Å². The number of alkyl halides is 3. The van der Waals surface area contributed by atoms with Crippen molar-refractivity contribution in [3.8, 4) is 0 Å². The van der Waals surface area contributed by atoms with Crippen molar-refractivity contribution in [3.63, 3.8) is 0 Å². The summed E-state index contributed by atoms with van der Waals surface area (Å²) in [4.78, 5) is 16.3. The third-order valence-corrected chi connectivity index (χ3v) is 4.27. The Morgan fingerprint density at radius 2 is 1.83 bits per heavy atom. The van der Waals surface area contributed by atoms with Gasteiger partial charge < -0.3 is 14.8 Å². The second-order valence-electron chi connectivity index (χ2n) is 6.11. The fourth-order valence-electron chi connectivity index (χ4n) is 2.69. The smallest absolute Gasteiger partial charge is 0.357 e. The molecule has 1 aliphatic heterocycles. The molecule has 0 spiro atoms. The van der Waals surface area contributed by atoms with E-state index in [0.717, 1.165) is 13.1 Å². The van der Waals surface area contributed by atoms with E-state index in [0.29, 0.717) is 13.1 Å². The number of halogens is 3. The van der Waals surface area contributed by atoms with E-state index in [4.69, 9.17) is 0 Å². The minimum atomic E-state index is -4.53. The van der Waals surface area contributed by atoms with Crippen LogP contribution in [0.4, 0.5) is 13.2 Å². The second kappa shape index (κ2) is 6.92. The van der Waals surface area contributed by atoms with Crippen LogP contribution in [0, 0.1) is 0 Å². The number of piperazine rings is 1. The van der Waals surface area contributed by atoms with Crippen molar-refractivity contribution in [2.24, 2.45) is 7.05 Å². The average Bonchev–Trinajstić information content (AvgIpc) is 2.89. The summed E-state index contributed by atoms with van der Waals surface area (Å²) in [5.74, 6) is -0.597. The third kappa shape index (κ3) is 4.48. The number of aromatic nitrogens is 1. The van der Waals surface area contributed by atoms with Crippen LogP contribution in [0.15, 0.2) is 18.5 Å². The lowest BCUT2D eigenvalue weighted by atomic mass is 10.1. The molecule has 1 saturated heterocycles.